The van der Waals surface area contributed by atoms with E-state index in [1.54, 1.807) is 29.2 Å². The minimum Gasteiger partial charge on any atom is -0.489 e. The van der Waals surface area contributed by atoms with Crippen LogP contribution in [0.3, 0.4) is 0 Å². The largest absolute Gasteiger partial charge is 0.489 e. The first-order valence-electron chi connectivity index (χ1n) is 4.93. The lowest BCUT2D eigenvalue weighted by Crippen LogP contribution is -2.10. The smallest absolute Gasteiger partial charge is 0.157 e. The van der Waals surface area contributed by atoms with Crippen LogP contribution in [0.25, 0.3) is 5.69 Å². The Kier molecular flexibility index (Phi) is 3.16. The van der Waals surface area contributed by atoms with Gasteiger partial charge in [-0.15, -0.1) is 0 Å². The minimum absolute atomic E-state index is 0.294. The van der Waals surface area contributed by atoms with E-state index in [0.29, 0.717) is 24.6 Å². The Morgan fingerprint density at radius 1 is 1.44 bits per heavy atom. The summed E-state index contributed by atoms with van der Waals surface area (Å²) in [5.41, 5.74) is 5.97. The van der Waals surface area contributed by atoms with E-state index in [-0.39, 0.29) is 5.82 Å². The van der Waals surface area contributed by atoms with Crippen molar-refractivity contribution in [2.75, 3.05) is 13.2 Å². The zero-order valence-corrected chi connectivity index (χ0v) is 8.64. The van der Waals surface area contributed by atoms with Crippen LogP contribution in [0.15, 0.2) is 36.7 Å². The van der Waals surface area contributed by atoms with Crippen molar-refractivity contribution in [3.8, 4) is 11.4 Å². The molecule has 1 aromatic heterocycles. The van der Waals surface area contributed by atoms with E-state index < -0.39 is 0 Å². The van der Waals surface area contributed by atoms with Gasteiger partial charge in [-0.25, -0.2) is 9.07 Å². The number of hydrogen-bond donors (Lipinski definition) is 1. The van der Waals surface area contributed by atoms with Crippen LogP contribution in [-0.4, -0.2) is 22.9 Å². The third-order valence-corrected chi connectivity index (χ3v) is 2.02. The summed E-state index contributed by atoms with van der Waals surface area (Å²) in [4.78, 5) is 0. The topological polar surface area (TPSA) is 53.1 Å². The first kappa shape index (κ1) is 10.6. The summed E-state index contributed by atoms with van der Waals surface area (Å²) in [5.74, 6) is 0.326. The normalized spacial score (nSPS) is 10.4. The van der Waals surface area contributed by atoms with Crippen LogP contribution in [-0.2, 0) is 0 Å². The summed E-state index contributed by atoms with van der Waals surface area (Å²) in [5, 5.41) is 4.06. The van der Waals surface area contributed by atoms with E-state index in [4.69, 9.17) is 10.5 Å². The molecule has 0 amide bonds. The molecular weight excluding hydrogens is 209 g/mol. The van der Waals surface area contributed by atoms with Gasteiger partial charge in [0.1, 0.15) is 12.4 Å². The van der Waals surface area contributed by atoms with Crippen molar-refractivity contribution in [2.24, 2.45) is 5.73 Å². The van der Waals surface area contributed by atoms with Gasteiger partial charge in [0, 0.05) is 6.54 Å². The fourth-order valence-electron chi connectivity index (χ4n) is 1.32. The summed E-state index contributed by atoms with van der Waals surface area (Å²) < 4.78 is 19.8. The van der Waals surface area contributed by atoms with Crippen molar-refractivity contribution < 1.29 is 9.13 Å². The SMILES string of the molecule is NCCOc1cnn(-c2cccc(F)c2)c1. The third kappa shape index (κ3) is 2.38. The molecule has 0 radical (unpaired) electrons. The maximum Gasteiger partial charge on any atom is 0.157 e. The number of nitrogens with two attached hydrogens (primary N) is 1. The van der Waals surface area contributed by atoms with Crippen LogP contribution in [0.1, 0.15) is 0 Å². The fourth-order valence-corrected chi connectivity index (χ4v) is 1.32. The molecule has 2 N–H and O–H groups in total. The van der Waals surface area contributed by atoms with Crippen LogP contribution >= 0.6 is 0 Å². The van der Waals surface area contributed by atoms with E-state index in [2.05, 4.69) is 5.10 Å². The number of rotatable bonds is 4. The highest BCUT2D eigenvalue weighted by Crippen LogP contribution is 2.14. The van der Waals surface area contributed by atoms with Crippen molar-refractivity contribution in [2.45, 2.75) is 0 Å². The molecule has 0 saturated carbocycles. The van der Waals surface area contributed by atoms with Gasteiger partial charge in [0.25, 0.3) is 0 Å². The van der Waals surface area contributed by atoms with Gasteiger partial charge < -0.3 is 10.5 Å². The second-order valence-electron chi connectivity index (χ2n) is 3.24. The van der Waals surface area contributed by atoms with Crippen LogP contribution in [0.5, 0.6) is 5.75 Å². The molecule has 0 bridgehead atoms. The molecule has 4 nitrogen and oxygen atoms in total. The molecule has 0 aliphatic heterocycles. The lowest BCUT2D eigenvalue weighted by atomic mass is 10.3. The first-order valence-corrected chi connectivity index (χ1v) is 4.93. The molecule has 0 atom stereocenters. The number of halogens is 1. The number of nitrogens with zero attached hydrogens (tertiary/aromatic N) is 2. The van der Waals surface area contributed by atoms with Gasteiger partial charge in [-0.3, -0.25) is 0 Å². The predicted octanol–water partition coefficient (Wildman–Crippen LogP) is 1.35. The zero-order chi connectivity index (χ0) is 11.4. The maximum atomic E-state index is 13.0. The Hall–Kier alpha value is -1.88. The summed E-state index contributed by atoms with van der Waals surface area (Å²) in [6.45, 7) is 0.889. The Balaban J connectivity index is 2.18. The average Bonchev–Trinajstić information content (AvgIpc) is 2.75. The zero-order valence-electron chi connectivity index (χ0n) is 8.64. The van der Waals surface area contributed by atoms with Gasteiger partial charge in [0.15, 0.2) is 5.75 Å². The second kappa shape index (κ2) is 4.76. The van der Waals surface area contributed by atoms with Crippen molar-refractivity contribution in [1.82, 2.24) is 9.78 Å². The predicted molar refractivity (Wildman–Crippen MR) is 58.1 cm³/mol. The first-order chi connectivity index (χ1) is 7.79. The number of benzene rings is 1. The van der Waals surface area contributed by atoms with E-state index in [1.807, 2.05) is 0 Å². The van der Waals surface area contributed by atoms with Crippen LogP contribution < -0.4 is 10.5 Å². The highest BCUT2D eigenvalue weighted by atomic mass is 19.1. The molecule has 5 heteroatoms. The molecule has 0 unspecified atom stereocenters. The molecule has 0 saturated heterocycles. The molecule has 84 valence electrons. The molecule has 1 aromatic carbocycles. The molecule has 0 fully saturated rings. The molecule has 2 aromatic rings. The Bertz CT molecular complexity index is 470. The van der Waals surface area contributed by atoms with Gasteiger partial charge >= 0.3 is 0 Å². The summed E-state index contributed by atoms with van der Waals surface area (Å²) in [6, 6.07) is 6.19. The highest BCUT2D eigenvalue weighted by molar-refractivity contribution is 5.32. The third-order valence-electron chi connectivity index (χ3n) is 2.02. The molecule has 0 spiro atoms. The second-order valence-corrected chi connectivity index (χ2v) is 3.24. The van der Waals surface area contributed by atoms with E-state index >= 15 is 0 Å². The summed E-state index contributed by atoms with van der Waals surface area (Å²) >= 11 is 0. The standard InChI is InChI=1S/C11H12FN3O/c12-9-2-1-3-10(6-9)15-8-11(7-14-15)16-5-4-13/h1-3,6-8H,4-5,13H2. The summed E-state index contributed by atoms with van der Waals surface area (Å²) in [6.07, 6.45) is 3.25. The lowest BCUT2D eigenvalue weighted by molar-refractivity contribution is 0.328. The van der Waals surface area contributed by atoms with Crippen molar-refractivity contribution >= 4 is 0 Å². The fraction of sp³-hybridized carbons (Fsp3) is 0.182. The lowest BCUT2D eigenvalue weighted by Gasteiger charge is -2.01. The monoisotopic (exact) mass is 221 g/mol. The molecule has 1 heterocycles. The van der Waals surface area contributed by atoms with Gasteiger partial charge in [0.2, 0.25) is 0 Å². The van der Waals surface area contributed by atoms with Gasteiger partial charge in [-0.05, 0) is 18.2 Å². The van der Waals surface area contributed by atoms with E-state index in [1.165, 1.54) is 12.1 Å². The number of ether oxygens (including phenoxy) is 1. The van der Waals surface area contributed by atoms with Crippen LogP contribution in [0, 0.1) is 5.82 Å². The number of aromatic nitrogens is 2. The van der Waals surface area contributed by atoms with Crippen molar-refractivity contribution in [1.29, 1.82) is 0 Å². The minimum atomic E-state index is -0.294. The molecule has 0 aliphatic rings. The van der Waals surface area contributed by atoms with Gasteiger partial charge in [-0.2, -0.15) is 5.10 Å². The van der Waals surface area contributed by atoms with Crippen molar-refractivity contribution in [3.63, 3.8) is 0 Å². The van der Waals surface area contributed by atoms with Crippen LogP contribution in [0.2, 0.25) is 0 Å². The van der Waals surface area contributed by atoms with Crippen LogP contribution in [0.4, 0.5) is 4.39 Å². The molecular formula is C11H12FN3O. The van der Waals surface area contributed by atoms with E-state index in [9.17, 15) is 4.39 Å². The quantitative estimate of drug-likeness (QED) is 0.847. The Labute approximate surface area is 92.4 Å². The molecule has 16 heavy (non-hydrogen) atoms. The molecule has 2 rings (SSSR count). The summed E-state index contributed by atoms with van der Waals surface area (Å²) in [7, 11) is 0. The van der Waals surface area contributed by atoms with E-state index in [0.717, 1.165) is 0 Å². The number of hydrogen-bond acceptors (Lipinski definition) is 3. The maximum absolute atomic E-state index is 13.0. The Morgan fingerprint density at radius 3 is 3.06 bits per heavy atom. The average molecular weight is 221 g/mol. The highest BCUT2D eigenvalue weighted by Gasteiger charge is 2.02. The van der Waals surface area contributed by atoms with Gasteiger partial charge in [0.05, 0.1) is 18.1 Å². The van der Waals surface area contributed by atoms with Crippen molar-refractivity contribution in [3.05, 3.63) is 42.5 Å². The Morgan fingerprint density at radius 2 is 2.31 bits per heavy atom. The van der Waals surface area contributed by atoms with Gasteiger partial charge in [-0.1, -0.05) is 6.07 Å². The molecule has 0 aliphatic carbocycles.